The molecule has 0 radical (unpaired) electrons. The van der Waals surface area contributed by atoms with Crippen molar-refractivity contribution in [2.75, 3.05) is 11.4 Å². The molecule has 3 aromatic rings. The Morgan fingerprint density at radius 2 is 2.17 bits per heavy atom. The van der Waals surface area contributed by atoms with Crippen molar-refractivity contribution in [3.8, 4) is 9.88 Å². The number of rotatable bonds is 2. The molecule has 1 aliphatic heterocycles. The van der Waals surface area contributed by atoms with Gasteiger partial charge in [0.25, 0.3) is 5.91 Å². The molecule has 0 saturated carbocycles. The first kappa shape index (κ1) is 15.8. The van der Waals surface area contributed by atoms with Crippen molar-refractivity contribution in [2.45, 2.75) is 19.8 Å². The van der Waals surface area contributed by atoms with Crippen LogP contribution in [-0.4, -0.2) is 17.4 Å². The summed E-state index contributed by atoms with van der Waals surface area (Å²) in [5.41, 5.74) is 4.00. The van der Waals surface area contributed by atoms with Crippen LogP contribution in [0.1, 0.15) is 28.0 Å². The highest BCUT2D eigenvalue weighted by molar-refractivity contribution is 7.23. The van der Waals surface area contributed by atoms with Gasteiger partial charge in [0.1, 0.15) is 10.7 Å². The number of hydrogen-bond donors (Lipinski definition) is 0. The van der Waals surface area contributed by atoms with Crippen molar-refractivity contribution < 1.29 is 4.79 Å². The second-order valence-electron chi connectivity index (χ2n) is 5.83. The summed E-state index contributed by atoms with van der Waals surface area (Å²) >= 11 is 8.96. The number of anilines is 1. The first-order valence-electron chi connectivity index (χ1n) is 7.74. The van der Waals surface area contributed by atoms with E-state index in [1.165, 1.54) is 33.8 Å². The van der Waals surface area contributed by atoms with E-state index in [-0.39, 0.29) is 5.91 Å². The molecule has 1 aliphatic rings. The summed E-state index contributed by atoms with van der Waals surface area (Å²) in [5, 5.41) is 2.68. The highest BCUT2D eigenvalue weighted by atomic mass is 35.5. The van der Waals surface area contributed by atoms with Gasteiger partial charge in [-0.3, -0.25) is 4.79 Å². The monoisotopic (exact) mass is 374 g/mol. The van der Waals surface area contributed by atoms with Crippen molar-refractivity contribution in [2.24, 2.45) is 0 Å². The van der Waals surface area contributed by atoms with Crippen molar-refractivity contribution in [3.05, 3.63) is 56.9 Å². The fourth-order valence-corrected chi connectivity index (χ4v) is 4.90. The Hall–Kier alpha value is -1.69. The van der Waals surface area contributed by atoms with Crippen LogP contribution >= 0.6 is 34.3 Å². The van der Waals surface area contributed by atoms with E-state index >= 15 is 0 Å². The second kappa shape index (κ2) is 6.31. The van der Waals surface area contributed by atoms with Crippen LogP contribution in [-0.2, 0) is 6.42 Å². The molecule has 0 atom stereocenters. The lowest BCUT2D eigenvalue weighted by Gasteiger charge is -2.29. The third kappa shape index (κ3) is 2.88. The van der Waals surface area contributed by atoms with Crippen molar-refractivity contribution >= 4 is 45.9 Å². The molecular weight excluding hydrogens is 360 g/mol. The van der Waals surface area contributed by atoms with Gasteiger partial charge < -0.3 is 4.90 Å². The van der Waals surface area contributed by atoms with Crippen LogP contribution in [0.2, 0.25) is 4.34 Å². The third-order valence-corrected chi connectivity index (χ3v) is 6.35. The summed E-state index contributed by atoms with van der Waals surface area (Å²) < 4.78 is 0.730. The number of amides is 1. The lowest BCUT2D eigenvalue weighted by Crippen LogP contribution is -2.35. The zero-order chi connectivity index (χ0) is 16.7. The molecule has 24 heavy (non-hydrogen) atoms. The number of aromatic nitrogens is 1. The number of aryl methyl sites for hydroxylation is 2. The Morgan fingerprint density at radius 1 is 1.29 bits per heavy atom. The van der Waals surface area contributed by atoms with Crippen molar-refractivity contribution in [1.82, 2.24) is 4.98 Å². The lowest BCUT2D eigenvalue weighted by molar-refractivity contribution is 0.0981. The minimum absolute atomic E-state index is 0.0232. The highest BCUT2D eigenvalue weighted by Gasteiger charge is 2.25. The molecule has 0 bridgehead atoms. The predicted octanol–water partition coefficient (Wildman–Crippen LogP) is 5.43. The first-order valence-corrected chi connectivity index (χ1v) is 9.82. The average Bonchev–Trinajstić information content (AvgIpc) is 3.22. The van der Waals surface area contributed by atoms with Gasteiger partial charge in [0.15, 0.2) is 0 Å². The summed E-state index contributed by atoms with van der Waals surface area (Å²) in [4.78, 5) is 20.3. The quantitative estimate of drug-likeness (QED) is 0.599. The molecule has 0 unspecified atom stereocenters. The maximum absolute atomic E-state index is 12.9. The van der Waals surface area contributed by atoms with Crippen molar-refractivity contribution in [1.29, 1.82) is 0 Å². The molecule has 0 saturated heterocycles. The van der Waals surface area contributed by atoms with Crippen LogP contribution < -0.4 is 4.90 Å². The average molecular weight is 375 g/mol. The summed E-state index contributed by atoms with van der Waals surface area (Å²) in [6.07, 6.45) is 2.01. The fourth-order valence-electron chi connectivity index (χ4n) is 2.99. The molecule has 122 valence electrons. The Kier molecular flexibility index (Phi) is 4.16. The van der Waals surface area contributed by atoms with Gasteiger partial charge in [-0.25, -0.2) is 4.98 Å². The van der Waals surface area contributed by atoms with Gasteiger partial charge in [-0.05, 0) is 43.5 Å². The number of carbonyl (C=O) groups excluding carboxylic acids is 1. The Labute approximate surface area is 153 Å². The number of carbonyl (C=O) groups is 1. The van der Waals surface area contributed by atoms with Crippen LogP contribution in [0.25, 0.3) is 9.88 Å². The Morgan fingerprint density at radius 3 is 2.96 bits per heavy atom. The molecule has 0 N–H and O–H groups in total. The van der Waals surface area contributed by atoms with E-state index in [2.05, 4.69) is 24.0 Å². The standard InChI is InChI=1S/C18H15ClN2OS2/c1-11-4-5-14-12(9-11)3-2-8-21(14)18(22)13-10-23-17(20-13)15-6-7-16(19)24-15/h4-7,9-10H,2-3,8H2,1H3. The van der Waals surface area contributed by atoms with Gasteiger partial charge in [-0.2, -0.15) is 0 Å². The summed E-state index contributed by atoms with van der Waals surface area (Å²) in [7, 11) is 0. The Balaban J connectivity index is 1.65. The van der Waals surface area contributed by atoms with Gasteiger partial charge >= 0.3 is 0 Å². The fraction of sp³-hybridized carbons (Fsp3) is 0.222. The smallest absolute Gasteiger partial charge is 0.277 e. The largest absolute Gasteiger partial charge is 0.307 e. The van der Waals surface area contributed by atoms with E-state index in [9.17, 15) is 4.79 Å². The topological polar surface area (TPSA) is 33.2 Å². The van der Waals surface area contributed by atoms with E-state index < -0.39 is 0 Å². The number of thiophene rings is 1. The third-order valence-electron chi connectivity index (χ3n) is 4.11. The highest BCUT2D eigenvalue weighted by Crippen LogP contribution is 2.34. The molecule has 3 heterocycles. The van der Waals surface area contributed by atoms with Crippen LogP contribution in [0.4, 0.5) is 5.69 Å². The van der Waals surface area contributed by atoms with Crippen LogP contribution in [0.5, 0.6) is 0 Å². The van der Waals surface area contributed by atoms with Gasteiger partial charge in [-0.1, -0.05) is 29.3 Å². The molecule has 2 aromatic heterocycles. The minimum Gasteiger partial charge on any atom is -0.307 e. The van der Waals surface area contributed by atoms with Crippen molar-refractivity contribution in [3.63, 3.8) is 0 Å². The molecule has 0 aliphatic carbocycles. The number of thiazole rings is 1. The minimum atomic E-state index is -0.0232. The number of fused-ring (bicyclic) bond motifs is 1. The zero-order valence-corrected chi connectivity index (χ0v) is 15.5. The van der Waals surface area contributed by atoms with Gasteiger partial charge in [-0.15, -0.1) is 22.7 Å². The molecule has 3 nitrogen and oxygen atoms in total. The summed E-state index contributed by atoms with van der Waals surface area (Å²) in [6, 6.07) is 10.1. The lowest BCUT2D eigenvalue weighted by atomic mass is 9.99. The SMILES string of the molecule is Cc1ccc2c(c1)CCCN2C(=O)c1csc(-c2ccc(Cl)s2)n1. The predicted molar refractivity (Wildman–Crippen MR) is 102 cm³/mol. The van der Waals surface area contributed by atoms with Crippen LogP contribution in [0, 0.1) is 6.92 Å². The molecule has 0 fully saturated rings. The van der Waals surface area contributed by atoms with E-state index in [0.717, 1.165) is 39.3 Å². The second-order valence-corrected chi connectivity index (χ2v) is 8.41. The molecule has 0 spiro atoms. The van der Waals surface area contributed by atoms with Gasteiger partial charge in [0.05, 0.1) is 9.21 Å². The number of halogens is 1. The van der Waals surface area contributed by atoms with E-state index in [1.807, 2.05) is 28.5 Å². The molecular formula is C18H15ClN2OS2. The molecule has 1 amide bonds. The first-order chi connectivity index (χ1) is 11.6. The maximum atomic E-state index is 12.9. The normalized spacial score (nSPS) is 13.8. The van der Waals surface area contributed by atoms with Crippen LogP contribution in [0.3, 0.4) is 0 Å². The summed E-state index contributed by atoms with van der Waals surface area (Å²) in [6.45, 7) is 2.83. The van der Waals surface area contributed by atoms with E-state index in [4.69, 9.17) is 11.6 Å². The van der Waals surface area contributed by atoms with Crippen LogP contribution in [0.15, 0.2) is 35.7 Å². The van der Waals surface area contributed by atoms with E-state index in [0.29, 0.717) is 5.69 Å². The molecule has 4 rings (SSSR count). The molecule has 1 aromatic carbocycles. The van der Waals surface area contributed by atoms with E-state index in [1.54, 1.807) is 0 Å². The zero-order valence-electron chi connectivity index (χ0n) is 13.1. The Bertz CT molecular complexity index is 915. The van der Waals surface area contributed by atoms with Gasteiger partial charge in [0.2, 0.25) is 0 Å². The number of nitrogens with zero attached hydrogens (tertiary/aromatic N) is 2. The van der Waals surface area contributed by atoms with Gasteiger partial charge in [0, 0.05) is 17.6 Å². The molecule has 6 heteroatoms. The number of hydrogen-bond acceptors (Lipinski definition) is 4. The summed E-state index contributed by atoms with van der Waals surface area (Å²) in [5.74, 6) is -0.0232. The maximum Gasteiger partial charge on any atom is 0.277 e. The number of benzene rings is 1.